The fourth-order valence-electron chi connectivity index (χ4n) is 4.41. The number of ether oxygens (including phenoxy) is 1. The molecule has 0 unspecified atom stereocenters. The third-order valence-electron chi connectivity index (χ3n) is 6.28. The maximum absolute atomic E-state index is 13.0. The number of carbonyl (C=O) groups excluding carboxylic acids is 4. The molecule has 0 aromatic heterocycles. The van der Waals surface area contributed by atoms with Gasteiger partial charge in [-0.2, -0.15) is 0 Å². The zero-order chi connectivity index (χ0) is 26.6. The number of nitrogens with zero attached hydrogens (tertiary/aromatic N) is 2. The van der Waals surface area contributed by atoms with E-state index < -0.39 is 23.7 Å². The molecule has 1 fully saturated rings. The molecule has 188 valence electrons. The second-order valence-corrected chi connectivity index (χ2v) is 10.1. The summed E-state index contributed by atoms with van der Waals surface area (Å²) in [5.41, 5.74) is 1.63. The van der Waals surface area contributed by atoms with Crippen LogP contribution in [0.4, 0.5) is 11.4 Å². The van der Waals surface area contributed by atoms with Crippen molar-refractivity contribution in [1.29, 1.82) is 0 Å². The van der Waals surface area contributed by atoms with Crippen molar-refractivity contribution in [3.8, 4) is 5.75 Å². The first-order chi connectivity index (χ1) is 17.6. The third kappa shape index (κ3) is 4.26. The first-order valence-electron chi connectivity index (χ1n) is 11.0. The molecule has 0 bridgehead atoms. The number of para-hydroxylation sites is 1. The summed E-state index contributed by atoms with van der Waals surface area (Å²) in [5, 5.41) is -0.570. The highest BCUT2D eigenvalue weighted by molar-refractivity contribution is 6.56. The van der Waals surface area contributed by atoms with Gasteiger partial charge in [-0.05, 0) is 42.8 Å². The van der Waals surface area contributed by atoms with Crippen molar-refractivity contribution in [3.63, 3.8) is 0 Å². The molecule has 0 N–H and O–H groups in total. The Morgan fingerprint density at radius 2 is 1.41 bits per heavy atom. The summed E-state index contributed by atoms with van der Waals surface area (Å²) in [5.74, 6) is -2.58. The molecule has 11 heteroatoms. The Hall–Kier alpha value is -3.10. The molecule has 1 saturated heterocycles. The van der Waals surface area contributed by atoms with Crippen LogP contribution in [0.5, 0.6) is 5.75 Å². The van der Waals surface area contributed by atoms with Gasteiger partial charge in [-0.25, -0.2) is 4.90 Å². The fourth-order valence-corrected chi connectivity index (χ4v) is 5.43. The van der Waals surface area contributed by atoms with Crippen molar-refractivity contribution >= 4 is 81.5 Å². The van der Waals surface area contributed by atoms with Gasteiger partial charge < -0.3 is 9.64 Å². The molecule has 2 aliphatic rings. The summed E-state index contributed by atoms with van der Waals surface area (Å²) in [6.45, 7) is 2.11. The predicted octanol–water partition coefficient (Wildman–Crippen LogP) is 6.37. The summed E-state index contributed by atoms with van der Waals surface area (Å²) in [6, 6.07) is 13.2. The van der Waals surface area contributed by atoms with Crippen molar-refractivity contribution in [1.82, 2.24) is 0 Å². The number of hydrogen-bond donors (Lipinski definition) is 0. The van der Waals surface area contributed by atoms with Crippen molar-refractivity contribution in [2.24, 2.45) is 5.92 Å². The first-order valence-corrected chi connectivity index (χ1v) is 12.5. The number of benzene rings is 3. The molecule has 0 saturated carbocycles. The largest absolute Gasteiger partial charge is 0.426 e. The number of anilines is 2. The maximum Gasteiger partial charge on any atom is 0.316 e. The van der Waals surface area contributed by atoms with Gasteiger partial charge in [-0.1, -0.05) is 64.6 Å². The van der Waals surface area contributed by atoms with Gasteiger partial charge in [0.15, 0.2) is 0 Å². The summed E-state index contributed by atoms with van der Waals surface area (Å²) in [4.78, 5) is 53.8. The number of esters is 1. The zero-order valence-corrected chi connectivity index (χ0v) is 22.1. The number of carbonyl (C=O) groups is 4. The first kappa shape index (κ1) is 25.5. The third-order valence-corrected chi connectivity index (χ3v) is 8.08. The van der Waals surface area contributed by atoms with Crippen molar-refractivity contribution < 1.29 is 23.9 Å². The van der Waals surface area contributed by atoms with Crippen molar-refractivity contribution in [2.45, 2.75) is 13.3 Å². The number of imide groups is 1. The topological polar surface area (TPSA) is 84.0 Å². The SMILES string of the molecule is Cc1ccccc1N1C[C@H](C(=O)Oc2ccc(N3C(=O)c4c(Cl)c(Cl)c(Cl)c(Cl)c4C3=O)cc2)CC1=O. The van der Waals surface area contributed by atoms with Crippen LogP contribution in [-0.4, -0.2) is 30.2 Å². The Morgan fingerprint density at radius 3 is 1.97 bits per heavy atom. The molecule has 0 aliphatic carbocycles. The Labute approximate surface area is 231 Å². The van der Waals surface area contributed by atoms with E-state index in [-0.39, 0.29) is 61.5 Å². The summed E-state index contributed by atoms with van der Waals surface area (Å²) in [6.07, 6.45) is 0.0347. The molecule has 0 spiro atoms. The molecule has 7 nitrogen and oxygen atoms in total. The van der Waals surface area contributed by atoms with Crippen molar-refractivity contribution in [3.05, 3.63) is 85.3 Å². The Morgan fingerprint density at radius 1 is 0.838 bits per heavy atom. The van der Waals surface area contributed by atoms with Gasteiger partial charge in [0, 0.05) is 18.7 Å². The van der Waals surface area contributed by atoms with Gasteiger partial charge in [-0.3, -0.25) is 19.2 Å². The van der Waals surface area contributed by atoms with Crippen LogP contribution in [0, 0.1) is 12.8 Å². The number of rotatable bonds is 4. The van der Waals surface area contributed by atoms with E-state index in [0.717, 1.165) is 16.2 Å². The van der Waals surface area contributed by atoms with Gasteiger partial charge in [0.05, 0.1) is 42.8 Å². The number of aryl methyl sites for hydroxylation is 1. The number of fused-ring (bicyclic) bond motifs is 1. The second-order valence-electron chi connectivity index (χ2n) is 8.56. The molecule has 2 heterocycles. The van der Waals surface area contributed by atoms with E-state index >= 15 is 0 Å². The highest BCUT2D eigenvalue weighted by Gasteiger charge is 2.42. The molecule has 37 heavy (non-hydrogen) atoms. The normalized spacial score (nSPS) is 17.0. The van der Waals surface area contributed by atoms with Gasteiger partial charge in [0.25, 0.3) is 11.8 Å². The van der Waals surface area contributed by atoms with Crippen molar-refractivity contribution in [2.75, 3.05) is 16.3 Å². The van der Waals surface area contributed by atoms with Crippen LogP contribution in [0.3, 0.4) is 0 Å². The minimum Gasteiger partial charge on any atom is -0.426 e. The van der Waals surface area contributed by atoms with Gasteiger partial charge in [0.1, 0.15) is 5.75 Å². The maximum atomic E-state index is 13.0. The quantitative estimate of drug-likeness (QED) is 0.118. The molecule has 5 rings (SSSR count). The van der Waals surface area contributed by atoms with Gasteiger partial charge in [-0.15, -0.1) is 0 Å². The monoisotopic (exact) mass is 576 g/mol. The molecular weight excluding hydrogens is 562 g/mol. The fraction of sp³-hybridized carbons (Fsp3) is 0.154. The van der Waals surface area contributed by atoms with E-state index in [0.29, 0.717) is 0 Å². The number of halogens is 4. The molecular formula is C26H16Cl4N2O5. The van der Waals surface area contributed by atoms with E-state index in [1.165, 1.54) is 24.3 Å². The lowest BCUT2D eigenvalue weighted by atomic mass is 10.1. The number of amides is 3. The molecule has 3 amide bonds. The lowest BCUT2D eigenvalue weighted by Gasteiger charge is -2.18. The lowest BCUT2D eigenvalue weighted by molar-refractivity contribution is -0.139. The summed E-state index contributed by atoms with van der Waals surface area (Å²) >= 11 is 24.5. The summed E-state index contributed by atoms with van der Waals surface area (Å²) in [7, 11) is 0. The van der Waals surface area contributed by atoms with Crippen LogP contribution in [-0.2, 0) is 9.59 Å². The molecule has 2 aliphatic heterocycles. The van der Waals surface area contributed by atoms with Crippen LogP contribution in [0.2, 0.25) is 20.1 Å². The Bertz CT molecular complexity index is 1460. The van der Waals surface area contributed by atoms with E-state index in [4.69, 9.17) is 51.1 Å². The highest BCUT2D eigenvalue weighted by Crippen LogP contribution is 2.45. The van der Waals surface area contributed by atoms with Crippen LogP contribution in [0.25, 0.3) is 0 Å². The Kier molecular flexibility index (Phi) is 6.66. The summed E-state index contributed by atoms with van der Waals surface area (Å²) < 4.78 is 5.48. The average molecular weight is 578 g/mol. The smallest absolute Gasteiger partial charge is 0.316 e. The van der Waals surface area contributed by atoms with E-state index in [9.17, 15) is 19.2 Å². The van der Waals surface area contributed by atoms with Crippen LogP contribution >= 0.6 is 46.4 Å². The van der Waals surface area contributed by atoms with Gasteiger partial charge >= 0.3 is 5.97 Å². The minimum atomic E-state index is -0.712. The van der Waals surface area contributed by atoms with E-state index in [2.05, 4.69) is 0 Å². The predicted molar refractivity (Wildman–Crippen MR) is 141 cm³/mol. The molecule has 0 radical (unpaired) electrons. The Balaban J connectivity index is 1.32. The van der Waals surface area contributed by atoms with Crippen LogP contribution < -0.4 is 14.5 Å². The minimum absolute atomic E-state index is 0.0347. The van der Waals surface area contributed by atoms with Crippen LogP contribution in [0.15, 0.2) is 48.5 Å². The molecule has 3 aromatic carbocycles. The number of hydrogen-bond acceptors (Lipinski definition) is 5. The molecule has 3 aromatic rings. The second kappa shape index (κ2) is 9.65. The van der Waals surface area contributed by atoms with Crippen LogP contribution in [0.1, 0.15) is 32.7 Å². The molecule has 1 atom stereocenters. The average Bonchev–Trinajstić information content (AvgIpc) is 3.39. The standard InChI is InChI=1S/C26H16Cl4N2O5/c1-12-4-2-3-5-16(12)31-11-13(10-17(31)33)26(36)37-15-8-6-14(7-9-15)32-24(34)18-19(25(32)35)21(28)23(30)22(29)20(18)27/h2-9,13H,10-11H2,1H3/t13-/m1/s1. The highest BCUT2D eigenvalue weighted by atomic mass is 35.5. The van der Waals surface area contributed by atoms with Gasteiger partial charge in [0.2, 0.25) is 5.91 Å². The van der Waals surface area contributed by atoms with E-state index in [1.807, 2.05) is 31.2 Å². The van der Waals surface area contributed by atoms with E-state index in [1.54, 1.807) is 4.90 Å². The zero-order valence-electron chi connectivity index (χ0n) is 19.1. The lowest BCUT2D eigenvalue weighted by Crippen LogP contribution is -2.29.